The molecule has 1 aromatic heterocycles. The fourth-order valence-corrected chi connectivity index (χ4v) is 3.38. The number of hydrogen-bond acceptors (Lipinski definition) is 3. The highest BCUT2D eigenvalue weighted by molar-refractivity contribution is 6.42. The van der Waals surface area contributed by atoms with Crippen LogP contribution in [0.25, 0.3) is 5.69 Å². The summed E-state index contributed by atoms with van der Waals surface area (Å²) in [6.07, 6.45) is 2.59. The van der Waals surface area contributed by atoms with Crippen molar-refractivity contribution in [3.63, 3.8) is 0 Å². The topological polar surface area (TPSA) is 72.9 Å². The summed E-state index contributed by atoms with van der Waals surface area (Å²) in [6, 6.07) is 5.45. The number of rotatable bonds is 6. The predicted octanol–water partition coefficient (Wildman–Crippen LogP) is 3.19. The molecule has 0 radical (unpaired) electrons. The highest BCUT2D eigenvalue weighted by atomic mass is 35.5. The number of carbonyl (C=O) groups is 1. The Morgan fingerprint density at radius 2 is 2.08 bits per heavy atom. The van der Waals surface area contributed by atoms with Gasteiger partial charge in [-0.1, -0.05) is 23.2 Å². The maximum Gasteiger partial charge on any atom is 0.224 e. The summed E-state index contributed by atoms with van der Waals surface area (Å²) in [5, 5.41) is 8.59. The molecule has 5 nitrogen and oxygen atoms in total. The monoisotopic (exact) mass is 380 g/mol. The van der Waals surface area contributed by atoms with Crippen LogP contribution in [0.4, 0.5) is 0 Å². The average molecular weight is 381 g/mol. The van der Waals surface area contributed by atoms with Crippen LogP contribution in [0, 0.1) is 19.8 Å². The minimum Gasteiger partial charge on any atom is -0.352 e. The van der Waals surface area contributed by atoms with E-state index in [1.165, 1.54) is 0 Å². The number of nitrogens with one attached hydrogen (secondary N) is 1. The summed E-state index contributed by atoms with van der Waals surface area (Å²) in [5.41, 5.74) is 9.26. The van der Waals surface area contributed by atoms with E-state index in [4.69, 9.17) is 28.9 Å². The molecule has 25 heavy (non-hydrogen) atoms. The van der Waals surface area contributed by atoms with Gasteiger partial charge < -0.3 is 11.1 Å². The summed E-state index contributed by atoms with van der Waals surface area (Å²) in [5.74, 6) is 0.525. The van der Waals surface area contributed by atoms with Gasteiger partial charge in [-0.25, -0.2) is 4.68 Å². The lowest BCUT2D eigenvalue weighted by Crippen LogP contribution is -2.42. The van der Waals surface area contributed by atoms with Gasteiger partial charge >= 0.3 is 0 Å². The first kappa shape index (κ1) is 18.2. The third-order valence-electron chi connectivity index (χ3n) is 4.72. The van der Waals surface area contributed by atoms with Gasteiger partial charge in [0.2, 0.25) is 5.91 Å². The van der Waals surface area contributed by atoms with Crippen LogP contribution in [0.1, 0.15) is 29.8 Å². The summed E-state index contributed by atoms with van der Waals surface area (Å²) in [4.78, 5) is 12.4. The zero-order valence-corrected chi connectivity index (χ0v) is 15.9. The second kappa shape index (κ2) is 7.36. The van der Waals surface area contributed by atoms with Crippen molar-refractivity contribution in [2.24, 2.45) is 11.7 Å². The Balaban J connectivity index is 1.79. The molecule has 0 aliphatic heterocycles. The van der Waals surface area contributed by atoms with Crippen molar-refractivity contribution < 1.29 is 4.79 Å². The van der Waals surface area contributed by atoms with Crippen molar-refractivity contribution in [3.8, 4) is 5.69 Å². The molecule has 1 aliphatic rings. The summed E-state index contributed by atoms with van der Waals surface area (Å²) < 4.78 is 1.79. The Bertz CT molecular complexity index is 799. The van der Waals surface area contributed by atoms with Crippen LogP contribution in [0.5, 0.6) is 0 Å². The zero-order chi connectivity index (χ0) is 18.1. The van der Waals surface area contributed by atoms with Crippen LogP contribution in [-0.2, 0) is 11.2 Å². The summed E-state index contributed by atoms with van der Waals surface area (Å²) in [6.45, 7) is 4.34. The first-order valence-electron chi connectivity index (χ1n) is 8.40. The average Bonchev–Trinajstić information content (AvgIpc) is 3.38. The lowest BCUT2D eigenvalue weighted by atomic mass is 10.1. The van der Waals surface area contributed by atoms with E-state index in [1.54, 1.807) is 16.8 Å². The van der Waals surface area contributed by atoms with E-state index in [-0.39, 0.29) is 11.9 Å². The molecule has 1 aromatic carbocycles. The number of carbonyl (C=O) groups excluding carboxylic acids is 1. The molecule has 0 bridgehead atoms. The molecule has 1 unspecified atom stereocenters. The van der Waals surface area contributed by atoms with Crippen molar-refractivity contribution in [1.82, 2.24) is 15.1 Å². The number of aromatic nitrogens is 2. The Hall–Kier alpha value is -1.56. The van der Waals surface area contributed by atoms with Crippen LogP contribution >= 0.6 is 23.2 Å². The van der Waals surface area contributed by atoms with Gasteiger partial charge in [0.1, 0.15) is 0 Å². The van der Waals surface area contributed by atoms with E-state index in [0.717, 1.165) is 35.5 Å². The van der Waals surface area contributed by atoms with E-state index in [2.05, 4.69) is 10.4 Å². The lowest BCUT2D eigenvalue weighted by molar-refractivity contribution is -0.121. The Morgan fingerprint density at radius 3 is 2.68 bits per heavy atom. The second-order valence-electron chi connectivity index (χ2n) is 6.58. The lowest BCUT2D eigenvalue weighted by Gasteiger charge is -2.16. The van der Waals surface area contributed by atoms with Crippen molar-refractivity contribution in [2.45, 2.75) is 39.2 Å². The molecule has 1 aliphatic carbocycles. The Morgan fingerprint density at radius 1 is 1.36 bits per heavy atom. The van der Waals surface area contributed by atoms with Crippen LogP contribution < -0.4 is 11.1 Å². The molecule has 0 saturated heterocycles. The van der Waals surface area contributed by atoms with Crippen molar-refractivity contribution in [1.29, 1.82) is 0 Å². The highest BCUT2D eigenvalue weighted by Gasteiger charge is 2.31. The third-order valence-corrected chi connectivity index (χ3v) is 5.46. The molecule has 3 rings (SSSR count). The largest absolute Gasteiger partial charge is 0.352 e. The van der Waals surface area contributed by atoms with Gasteiger partial charge in [-0.05, 0) is 50.8 Å². The molecule has 1 saturated carbocycles. The number of halogens is 2. The zero-order valence-electron chi connectivity index (χ0n) is 14.4. The number of benzene rings is 1. The number of aryl methyl sites for hydroxylation is 1. The molecular formula is C18H22Cl2N4O. The van der Waals surface area contributed by atoms with Crippen molar-refractivity contribution in [3.05, 3.63) is 45.2 Å². The van der Waals surface area contributed by atoms with Crippen LogP contribution in [0.15, 0.2) is 18.2 Å². The standard InChI is InChI=1S/C18H22Cl2N4O/c1-10-14(8-18(25)22-17(9-21)12-3-4-12)11(2)24(23-10)13-5-6-15(19)16(20)7-13/h5-7,12,17H,3-4,8-9,21H2,1-2H3,(H,22,25). The maximum absolute atomic E-state index is 12.4. The van der Waals surface area contributed by atoms with Crippen molar-refractivity contribution in [2.75, 3.05) is 6.54 Å². The third kappa shape index (κ3) is 4.00. The van der Waals surface area contributed by atoms with Crippen LogP contribution in [0.2, 0.25) is 10.0 Å². The second-order valence-corrected chi connectivity index (χ2v) is 7.40. The van der Waals surface area contributed by atoms with E-state index < -0.39 is 0 Å². The minimum atomic E-state index is -0.0118. The van der Waals surface area contributed by atoms with Crippen LogP contribution in [-0.4, -0.2) is 28.3 Å². The molecule has 1 atom stereocenters. The van der Waals surface area contributed by atoms with E-state index >= 15 is 0 Å². The maximum atomic E-state index is 12.4. The number of amides is 1. The van der Waals surface area contributed by atoms with Gasteiger partial charge in [0.15, 0.2) is 0 Å². The minimum absolute atomic E-state index is 0.0118. The molecule has 134 valence electrons. The van der Waals surface area contributed by atoms with Gasteiger partial charge in [0.25, 0.3) is 0 Å². The molecule has 7 heteroatoms. The van der Waals surface area contributed by atoms with Gasteiger partial charge in [-0.3, -0.25) is 4.79 Å². The molecule has 2 aromatic rings. The fourth-order valence-electron chi connectivity index (χ4n) is 3.09. The Kier molecular flexibility index (Phi) is 5.37. The van der Waals surface area contributed by atoms with E-state index in [9.17, 15) is 4.79 Å². The first-order valence-corrected chi connectivity index (χ1v) is 9.16. The normalized spacial score (nSPS) is 15.2. The van der Waals surface area contributed by atoms with Gasteiger partial charge in [-0.15, -0.1) is 0 Å². The highest BCUT2D eigenvalue weighted by Crippen LogP contribution is 2.32. The summed E-state index contributed by atoms with van der Waals surface area (Å²) >= 11 is 12.1. The SMILES string of the molecule is Cc1nn(-c2ccc(Cl)c(Cl)c2)c(C)c1CC(=O)NC(CN)C1CC1. The van der Waals surface area contributed by atoms with E-state index in [1.807, 2.05) is 19.9 Å². The van der Waals surface area contributed by atoms with Gasteiger partial charge in [0.05, 0.1) is 27.8 Å². The van der Waals surface area contributed by atoms with Gasteiger partial charge in [0, 0.05) is 23.8 Å². The molecule has 1 amide bonds. The first-order chi connectivity index (χ1) is 11.9. The molecule has 1 heterocycles. The number of nitrogens with zero attached hydrogens (tertiary/aromatic N) is 2. The number of hydrogen-bond donors (Lipinski definition) is 2. The molecule has 3 N–H and O–H groups in total. The van der Waals surface area contributed by atoms with Crippen molar-refractivity contribution >= 4 is 29.1 Å². The Labute approximate surface area is 157 Å². The molecular weight excluding hydrogens is 359 g/mol. The van der Waals surface area contributed by atoms with E-state index in [0.29, 0.717) is 28.9 Å². The fraction of sp³-hybridized carbons (Fsp3) is 0.444. The van der Waals surface area contributed by atoms with Gasteiger partial charge in [-0.2, -0.15) is 5.10 Å². The molecule has 1 fully saturated rings. The number of nitrogens with two attached hydrogens (primary N) is 1. The smallest absolute Gasteiger partial charge is 0.224 e. The molecule has 0 spiro atoms. The quantitative estimate of drug-likeness (QED) is 0.807. The summed E-state index contributed by atoms with van der Waals surface area (Å²) in [7, 11) is 0. The predicted molar refractivity (Wildman–Crippen MR) is 100 cm³/mol. The van der Waals surface area contributed by atoms with Crippen LogP contribution in [0.3, 0.4) is 0 Å².